The molecule has 1 heterocycles. The van der Waals surface area contributed by atoms with Crippen LogP contribution in [-0.4, -0.2) is 27.0 Å². The van der Waals surface area contributed by atoms with Crippen LogP contribution in [0.4, 0.5) is 0 Å². The van der Waals surface area contributed by atoms with Crippen LogP contribution in [0.1, 0.15) is 6.42 Å². The molecule has 1 atom stereocenters. The van der Waals surface area contributed by atoms with E-state index in [9.17, 15) is 4.79 Å². The first-order valence-corrected chi connectivity index (χ1v) is 6.40. The Bertz CT molecular complexity index is 140. The van der Waals surface area contributed by atoms with Gasteiger partial charge in [0.2, 0.25) is 0 Å². The molecule has 0 aliphatic carbocycles. The Hall–Kier alpha value is 0.160. The summed E-state index contributed by atoms with van der Waals surface area (Å²) in [4.78, 5) is 12.9. The molecule has 0 aromatic heterocycles. The van der Waals surface area contributed by atoms with Crippen molar-refractivity contribution in [2.45, 2.75) is 6.42 Å². The third-order valence-corrected chi connectivity index (χ3v) is 4.02. The van der Waals surface area contributed by atoms with E-state index in [0.717, 1.165) is 19.5 Å². The Balaban J connectivity index is 2.35. The van der Waals surface area contributed by atoms with E-state index in [1.165, 1.54) is 0 Å². The predicted octanol–water partition coefficient (Wildman–Crippen LogP) is -3.57. The molecule has 1 fully saturated rings. The Kier molecular flexibility index (Phi) is 2.91. The van der Waals surface area contributed by atoms with Crippen molar-refractivity contribution in [1.82, 2.24) is 3.11 Å². The van der Waals surface area contributed by atoms with Crippen LogP contribution in [0.25, 0.3) is 0 Å². The molecule has 1 amide bonds. The molecule has 0 spiro atoms. The predicted molar refractivity (Wildman–Crippen MR) is 34.8 cm³/mol. The van der Waals surface area contributed by atoms with E-state index in [-0.39, 0.29) is 33.3 Å². The molecule has 0 saturated carbocycles. The van der Waals surface area contributed by atoms with Gasteiger partial charge in [0.05, 0.1) is 0 Å². The van der Waals surface area contributed by atoms with Crippen molar-refractivity contribution in [3.05, 3.63) is 0 Å². The van der Waals surface area contributed by atoms with Crippen LogP contribution in [0.15, 0.2) is 0 Å². The fourth-order valence-electron chi connectivity index (χ4n) is 1.10. The number of halogens is 1. The van der Waals surface area contributed by atoms with Crippen molar-refractivity contribution < 1.29 is 26.3 Å². The zero-order valence-electron chi connectivity index (χ0n) is 6.01. The van der Waals surface area contributed by atoms with Crippen LogP contribution in [0.3, 0.4) is 0 Å². The molecule has 1 unspecified atom stereocenters. The summed E-state index contributed by atoms with van der Waals surface area (Å²) in [6.45, 7) is 2.00. The van der Waals surface area contributed by atoms with Gasteiger partial charge < -0.3 is 0 Å². The van der Waals surface area contributed by atoms with Gasteiger partial charge in [0.15, 0.2) is 0 Å². The molecule has 1 aliphatic heterocycles. The summed E-state index contributed by atoms with van der Waals surface area (Å²) in [5, 5.41) is 0. The number of carbonyl (C=O) groups is 1. The second-order valence-corrected chi connectivity index (χ2v) is 4.76. The first-order chi connectivity index (χ1) is 4.74. The number of alkyl halides is 1. The number of rotatable bonds is 2. The van der Waals surface area contributed by atoms with E-state index in [1.54, 1.807) is 0 Å². The third-order valence-electron chi connectivity index (χ3n) is 1.78. The van der Waals surface area contributed by atoms with Gasteiger partial charge in [0.1, 0.15) is 0 Å². The maximum atomic E-state index is 10.7. The van der Waals surface area contributed by atoms with Gasteiger partial charge in [-0.1, -0.05) is 0 Å². The van der Waals surface area contributed by atoms with Crippen LogP contribution in [0.5, 0.6) is 0 Å². The van der Waals surface area contributed by atoms with Gasteiger partial charge in [-0.25, -0.2) is 0 Å². The Morgan fingerprint density at radius 3 is 2.80 bits per heavy atom. The molecule has 1 aliphatic rings. The minimum atomic E-state index is -0.125. The number of carbonyl (C=O) groups excluding carboxylic acids is 1. The zero-order valence-corrected chi connectivity index (χ0v) is 8.17. The number of hydrogen-bond donors (Lipinski definition) is 1. The molecule has 2 N–H and O–H groups in total. The number of hydrogen-bond acceptors (Lipinski definition) is 2. The summed E-state index contributed by atoms with van der Waals surface area (Å²) >= 11 is 0.177. The molecule has 3 nitrogen and oxygen atoms in total. The van der Waals surface area contributed by atoms with E-state index in [1.807, 2.05) is 0 Å². The standard InChI is InChI=1S/C6H12IN2O/c1-7-9-3-2-5(4-9)6(8)10/h5H,2-4H2,1H3,(H2,8,10)/q-1. The number of nitrogens with two attached hydrogens (primary N) is 1. The number of primary amides is 1. The van der Waals surface area contributed by atoms with Crippen LogP contribution in [0.2, 0.25) is 0 Å². The molecule has 1 saturated heterocycles. The van der Waals surface area contributed by atoms with Crippen molar-refractivity contribution in [1.29, 1.82) is 0 Å². The van der Waals surface area contributed by atoms with E-state index in [4.69, 9.17) is 5.73 Å². The third kappa shape index (κ3) is 1.82. The van der Waals surface area contributed by atoms with Gasteiger partial charge in [-0.2, -0.15) is 0 Å². The SMILES string of the molecule is C[I-]N1CCC(C(N)=O)C1. The monoisotopic (exact) mass is 255 g/mol. The topological polar surface area (TPSA) is 46.3 Å². The van der Waals surface area contributed by atoms with E-state index in [2.05, 4.69) is 8.04 Å². The molecule has 10 heavy (non-hydrogen) atoms. The van der Waals surface area contributed by atoms with E-state index in [0.29, 0.717) is 0 Å². The first kappa shape index (κ1) is 8.26. The van der Waals surface area contributed by atoms with E-state index >= 15 is 0 Å². The molecule has 0 bridgehead atoms. The Morgan fingerprint density at radius 2 is 2.50 bits per heavy atom. The molecule has 4 heteroatoms. The van der Waals surface area contributed by atoms with Crippen LogP contribution < -0.4 is 27.2 Å². The molecule has 0 aromatic rings. The average Bonchev–Trinajstić information content (AvgIpc) is 2.34. The molecule has 0 aromatic carbocycles. The van der Waals surface area contributed by atoms with Gasteiger partial charge in [-0.15, -0.1) is 0 Å². The van der Waals surface area contributed by atoms with Gasteiger partial charge in [0, 0.05) is 0 Å². The van der Waals surface area contributed by atoms with E-state index < -0.39 is 0 Å². The van der Waals surface area contributed by atoms with Gasteiger partial charge in [0.25, 0.3) is 0 Å². The maximum absolute atomic E-state index is 10.7. The van der Waals surface area contributed by atoms with Crippen molar-refractivity contribution in [3.63, 3.8) is 0 Å². The van der Waals surface area contributed by atoms with Crippen LogP contribution >= 0.6 is 0 Å². The number of nitrogens with zero attached hydrogens (tertiary/aromatic N) is 1. The van der Waals surface area contributed by atoms with Gasteiger partial charge in [-0.3, -0.25) is 0 Å². The molecular formula is C6H12IN2O-. The molecule has 0 radical (unpaired) electrons. The molecule has 60 valence electrons. The summed E-state index contributed by atoms with van der Waals surface area (Å²) in [6, 6.07) is 0. The number of amides is 1. The first-order valence-electron chi connectivity index (χ1n) is 3.28. The molecular weight excluding hydrogens is 243 g/mol. The summed E-state index contributed by atoms with van der Waals surface area (Å²) in [5.74, 6) is 0.0135. The Morgan fingerprint density at radius 1 is 1.80 bits per heavy atom. The average molecular weight is 255 g/mol. The summed E-state index contributed by atoms with van der Waals surface area (Å²) < 4.78 is 2.36. The van der Waals surface area contributed by atoms with Crippen molar-refractivity contribution in [2.24, 2.45) is 11.7 Å². The minimum absolute atomic E-state index is 0.125. The summed E-state index contributed by atoms with van der Waals surface area (Å²) in [6.07, 6.45) is 0.975. The van der Waals surface area contributed by atoms with Crippen LogP contribution in [-0.2, 0) is 4.79 Å². The Labute approximate surface area is 71.6 Å². The normalized spacial score (nSPS) is 27.5. The summed E-state index contributed by atoms with van der Waals surface area (Å²) in [7, 11) is 0. The van der Waals surface area contributed by atoms with Crippen molar-refractivity contribution in [3.8, 4) is 0 Å². The van der Waals surface area contributed by atoms with Crippen molar-refractivity contribution in [2.75, 3.05) is 18.0 Å². The zero-order chi connectivity index (χ0) is 7.56. The van der Waals surface area contributed by atoms with Crippen molar-refractivity contribution >= 4 is 5.91 Å². The van der Waals surface area contributed by atoms with Gasteiger partial charge in [-0.05, 0) is 0 Å². The summed E-state index contributed by atoms with van der Waals surface area (Å²) in [5.41, 5.74) is 5.16. The second-order valence-electron chi connectivity index (χ2n) is 2.43. The fraction of sp³-hybridized carbons (Fsp3) is 0.833. The molecule has 1 rings (SSSR count). The van der Waals surface area contributed by atoms with Gasteiger partial charge >= 0.3 is 71.4 Å². The van der Waals surface area contributed by atoms with Crippen LogP contribution in [0, 0.1) is 5.92 Å². The fourth-order valence-corrected chi connectivity index (χ4v) is 2.73. The quantitative estimate of drug-likeness (QED) is 0.315. The second kappa shape index (κ2) is 3.52.